The summed E-state index contributed by atoms with van der Waals surface area (Å²) >= 11 is 0. The van der Waals surface area contributed by atoms with Gasteiger partial charge >= 0.3 is 6.18 Å². The van der Waals surface area contributed by atoms with Crippen LogP contribution in [0.2, 0.25) is 0 Å². The lowest BCUT2D eigenvalue weighted by Crippen LogP contribution is -2.40. The second kappa shape index (κ2) is 9.76. The van der Waals surface area contributed by atoms with E-state index in [0.29, 0.717) is 11.4 Å². The van der Waals surface area contributed by atoms with E-state index in [1.807, 2.05) is 0 Å². The van der Waals surface area contributed by atoms with Gasteiger partial charge in [-0.15, -0.1) is 0 Å². The summed E-state index contributed by atoms with van der Waals surface area (Å²) in [6.07, 6.45) is 2.54. The van der Waals surface area contributed by atoms with Gasteiger partial charge in [0.25, 0.3) is 5.91 Å². The summed E-state index contributed by atoms with van der Waals surface area (Å²) in [5.74, 6) is 0.389. The zero-order valence-corrected chi connectivity index (χ0v) is 15.4. The normalized spacial score (nSPS) is 18.5. The van der Waals surface area contributed by atoms with Crippen molar-refractivity contribution in [3.63, 3.8) is 0 Å². The van der Waals surface area contributed by atoms with Crippen LogP contribution < -0.4 is 10.6 Å². The Morgan fingerprint density at radius 1 is 1.03 bits per heavy atom. The molecule has 10 heteroatoms. The molecule has 0 aromatic carbocycles. The highest BCUT2D eigenvalue weighted by Gasteiger charge is 2.34. The van der Waals surface area contributed by atoms with E-state index >= 15 is 0 Å². The van der Waals surface area contributed by atoms with Gasteiger partial charge in [0.2, 0.25) is 0 Å². The van der Waals surface area contributed by atoms with Gasteiger partial charge in [-0.05, 0) is 43.9 Å². The second-order valence-electron chi connectivity index (χ2n) is 7.06. The minimum Gasteiger partial charge on any atom is -0.368 e. The van der Waals surface area contributed by atoms with Crippen LogP contribution in [0.25, 0.3) is 5.65 Å². The van der Waals surface area contributed by atoms with E-state index in [9.17, 15) is 18.0 Å². The van der Waals surface area contributed by atoms with E-state index in [1.54, 1.807) is 24.3 Å². The number of aromatic nitrogens is 4. The molecule has 4 rings (SSSR count). The Morgan fingerprint density at radius 3 is 2.39 bits per heavy atom. The first-order chi connectivity index (χ1) is 13.9. The molecule has 1 saturated carbocycles. The largest absolute Gasteiger partial charge is 0.434 e. The number of anilines is 1. The summed E-state index contributed by atoms with van der Waals surface area (Å²) in [5.41, 5.74) is -0.203. The van der Waals surface area contributed by atoms with E-state index in [1.165, 1.54) is 16.8 Å². The van der Waals surface area contributed by atoms with Crippen LogP contribution in [-0.2, 0) is 6.18 Å². The highest BCUT2D eigenvalue weighted by molar-refractivity contribution is 5.93. The minimum absolute atomic E-state index is 0. The Labute approximate surface area is 179 Å². The third kappa shape index (κ3) is 5.50. The van der Waals surface area contributed by atoms with Crippen LogP contribution in [0.3, 0.4) is 0 Å². The van der Waals surface area contributed by atoms with Gasteiger partial charge in [0.15, 0.2) is 5.69 Å². The Balaban J connectivity index is 0.00000171. The van der Waals surface area contributed by atoms with Crippen molar-refractivity contribution in [2.75, 3.05) is 5.32 Å². The first-order valence-electron chi connectivity index (χ1n) is 9.29. The maximum absolute atomic E-state index is 12.9. The maximum atomic E-state index is 12.9. The molecule has 7 nitrogen and oxygen atoms in total. The monoisotopic (exact) mass is 436 g/mol. The highest BCUT2D eigenvalue weighted by Crippen LogP contribution is 2.30. The van der Waals surface area contributed by atoms with E-state index in [2.05, 4.69) is 25.8 Å². The fourth-order valence-electron chi connectivity index (χ4n) is 3.55. The molecule has 1 aliphatic carbocycles. The van der Waals surface area contributed by atoms with Gasteiger partial charge in [0, 0.05) is 18.3 Å². The molecule has 3 aromatic rings. The van der Waals surface area contributed by atoms with E-state index in [4.69, 9.17) is 0 Å². The SMILES string of the molecule is C.C.O=C(NC1CCC(Nc2cccc3nc(C(F)(F)F)cn23)CC1)c1ccnnc1. The number of halogens is 3. The van der Waals surface area contributed by atoms with Crippen LogP contribution in [0.15, 0.2) is 42.9 Å². The van der Waals surface area contributed by atoms with Crippen molar-refractivity contribution in [1.29, 1.82) is 0 Å². The molecular weight excluding hydrogens is 409 g/mol. The zero-order chi connectivity index (χ0) is 20.4. The predicted octanol–water partition coefficient (Wildman–Crippen LogP) is 4.57. The molecule has 0 unspecified atom stereocenters. The molecule has 1 fully saturated rings. The summed E-state index contributed by atoms with van der Waals surface area (Å²) in [7, 11) is 0. The molecule has 1 amide bonds. The van der Waals surface area contributed by atoms with Crippen molar-refractivity contribution < 1.29 is 18.0 Å². The molecule has 0 spiro atoms. The fourth-order valence-corrected chi connectivity index (χ4v) is 3.55. The summed E-state index contributed by atoms with van der Waals surface area (Å²) in [4.78, 5) is 15.9. The number of alkyl halides is 3. The predicted molar refractivity (Wildman–Crippen MR) is 113 cm³/mol. The Kier molecular flexibility index (Phi) is 7.59. The van der Waals surface area contributed by atoms with Crippen molar-refractivity contribution in [1.82, 2.24) is 24.9 Å². The van der Waals surface area contributed by atoms with Crippen LogP contribution in [0.4, 0.5) is 19.0 Å². The number of amides is 1. The lowest BCUT2D eigenvalue weighted by atomic mass is 9.91. The molecule has 3 aromatic heterocycles. The van der Waals surface area contributed by atoms with Crippen LogP contribution in [0, 0.1) is 0 Å². The van der Waals surface area contributed by atoms with Gasteiger partial charge in [-0.3, -0.25) is 9.20 Å². The quantitative estimate of drug-likeness (QED) is 0.626. The molecule has 3 heterocycles. The fraction of sp³-hybridized carbons (Fsp3) is 0.429. The van der Waals surface area contributed by atoms with Crippen LogP contribution >= 0.6 is 0 Å². The van der Waals surface area contributed by atoms with Crippen LogP contribution in [-0.4, -0.2) is 37.6 Å². The molecule has 0 atom stereocenters. The van der Waals surface area contributed by atoms with E-state index < -0.39 is 11.9 Å². The molecule has 0 radical (unpaired) electrons. The molecular formula is C21H27F3N6O. The Bertz CT molecular complexity index is 997. The van der Waals surface area contributed by atoms with Crippen molar-refractivity contribution in [2.24, 2.45) is 0 Å². The number of imidazole rings is 1. The van der Waals surface area contributed by atoms with Crippen molar-refractivity contribution in [3.05, 3.63) is 54.1 Å². The van der Waals surface area contributed by atoms with Gasteiger partial charge in [-0.25, -0.2) is 4.98 Å². The van der Waals surface area contributed by atoms with Gasteiger partial charge in [-0.1, -0.05) is 20.9 Å². The van der Waals surface area contributed by atoms with E-state index in [-0.39, 0.29) is 38.5 Å². The topological polar surface area (TPSA) is 84.2 Å². The molecule has 0 saturated heterocycles. The Hall–Kier alpha value is -3.17. The number of hydrogen-bond acceptors (Lipinski definition) is 5. The van der Waals surface area contributed by atoms with Crippen LogP contribution in [0.1, 0.15) is 56.6 Å². The number of carbonyl (C=O) groups excluding carboxylic acids is 1. The first-order valence-corrected chi connectivity index (χ1v) is 9.29. The number of nitrogens with zero attached hydrogens (tertiary/aromatic N) is 4. The standard InChI is InChI=1S/C19H19F3N6O.2CH4/c20-19(21,22)15-11-28-16(2-1-3-17(28)27-15)25-13-4-6-14(7-5-13)26-18(29)12-8-9-23-24-10-12;;/h1-3,8-11,13-14,25H,4-7H2,(H,26,29);2*1H4. The number of pyridine rings is 1. The minimum atomic E-state index is -4.48. The van der Waals surface area contributed by atoms with Crippen molar-refractivity contribution >= 4 is 17.4 Å². The maximum Gasteiger partial charge on any atom is 0.434 e. The summed E-state index contributed by atoms with van der Waals surface area (Å²) < 4.78 is 40.3. The molecule has 168 valence electrons. The summed E-state index contributed by atoms with van der Waals surface area (Å²) in [6, 6.07) is 6.72. The summed E-state index contributed by atoms with van der Waals surface area (Å²) in [5, 5.41) is 13.7. The van der Waals surface area contributed by atoms with Crippen LogP contribution in [0.5, 0.6) is 0 Å². The highest BCUT2D eigenvalue weighted by atomic mass is 19.4. The molecule has 31 heavy (non-hydrogen) atoms. The van der Waals surface area contributed by atoms with Crippen molar-refractivity contribution in [2.45, 2.75) is 58.8 Å². The number of hydrogen-bond donors (Lipinski definition) is 2. The third-order valence-corrected chi connectivity index (χ3v) is 5.04. The molecule has 0 aliphatic heterocycles. The van der Waals surface area contributed by atoms with Gasteiger partial charge in [0.05, 0.1) is 18.0 Å². The smallest absolute Gasteiger partial charge is 0.368 e. The summed E-state index contributed by atoms with van der Waals surface area (Å²) in [6.45, 7) is 0. The number of carbonyl (C=O) groups is 1. The molecule has 2 N–H and O–H groups in total. The Morgan fingerprint density at radius 2 is 1.74 bits per heavy atom. The number of rotatable bonds is 4. The van der Waals surface area contributed by atoms with E-state index in [0.717, 1.165) is 31.9 Å². The molecule has 0 bridgehead atoms. The lowest BCUT2D eigenvalue weighted by Gasteiger charge is -2.30. The second-order valence-corrected chi connectivity index (χ2v) is 7.06. The lowest BCUT2D eigenvalue weighted by molar-refractivity contribution is -0.140. The van der Waals surface area contributed by atoms with Gasteiger partial charge in [0.1, 0.15) is 11.5 Å². The number of fused-ring (bicyclic) bond motifs is 1. The third-order valence-electron chi connectivity index (χ3n) is 5.04. The first kappa shape index (κ1) is 24.1. The average molecular weight is 436 g/mol. The zero-order valence-electron chi connectivity index (χ0n) is 15.4. The van der Waals surface area contributed by atoms with Gasteiger partial charge < -0.3 is 10.6 Å². The average Bonchev–Trinajstić information content (AvgIpc) is 3.16. The van der Waals surface area contributed by atoms with Gasteiger partial charge in [-0.2, -0.15) is 23.4 Å². The molecule has 1 aliphatic rings. The number of nitrogens with one attached hydrogen (secondary N) is 2. The van der Waals surface area contributed by atoms with Crippen molar-refractivity contribution in [3.8, 4) is 0 Å².